The zero-order valence-corrected chi connectivity index (χ0v) is 15.5. The number of phenols is 5. The Morgan fingerprint density at radius 2 is 1.10 bits per heavy atom. The molecule has 4 aromatic carbocycles. The quantitative estimate of drug-likeness (QED) is 0.353. The minimum atomic E-state index is -0.197. The lowest BCUT2D eigenvalue weighted by molar-refractivity contribution is 0.445. The van der Waals surface area contributed by atoms with E-state index in [1.54, 1.807) is 60.7 Å². The maximum atomic E-state index is 10.8. The minimum absolute atomic E-state index is 0.0416. The molecule has 0 aliphatic rings. The van der Waals surface area contributed by atoms with Gasteiger partial charge in [0.25, 0.3) is 0 Å². The van der Waals surface area contributed by atoms with Gasteiger partial charge < -0.3 is 25.5 Å². The maximum Gasteiger partial charge on any atom is 0.130 e. The first-order chi connectivity index (χ1) is 13.9. The highest BCUT2D eigenvalue weighted by atomic mass is 16.3. The van der Waals surface area contributed by atoms with Gasteiger partial charge in [0.1, 0.15) is 28.7 Å². The first-order valence-electron chi connectivity index (χ1n) is 9.16. The van der Waals surface area contributed by atoms with E-state index in [4.69, 9.17) is 0 Å². The highest BCUT2D eigenvalue weighted by Crippen LogP contribution is 2.42. The van der Waals surface area contributed by atoms with Gasteiger partial charge in [-0.3, -0.25) is 0 Å². The molecule has 0 heterocycles. The van der Waals surface area contributed by atoms with Crippen molar-refractivity contribution in [1.82, 2.24) is 0 Å². The molecule has 0 spiro atoms. The second-order valence-electron chi connectivity index (χ2n) is 7.08. The number of hydrogen-bond acceptors (Lipinski definition) is 5. The summed E-state index contributed by atoms with van der Waals surface area (Å²) >= 11 is 0. The Kier molecular flexibility index (Phi) is 4.64. The van der Waals surface area contributed by atoms with Crippen molar-refractivity contribution in [3.8, 4) is 28.7 Å². The first kappa shape index (κ1) is 18.5. The summed E-state index contributed by atoms with van der Waals surface area (Å²) in [6.07, 6.45) is 0.801. The molecule has 0 radical (unpaired) electrons. The van der Waals surface area contributed by atoms with Gasteiger partial charge in [0.2, 0.25) is 0 Å². The van der Waals surface area contributed by atoms with Gasteiger partial charge in [0, 0.05) is 24.5 Å². The third-order valence-corrected chi connectivity index (χ3v) is 5.07. The van der Waals surface area contributed by atoms with E-state index in [0.29, 0.717) is 29.4 Å². The van der Waals surface area contributed by atoms with Crippen LogP contribution >= 0.6 is 0 Å². The van der Waals surface area contributed by atoms with Crippen molar-refractivity contribution < 1.29 is 25.5 Å². The lowest BCUT2D eigenvalue weighted by atomic mass is 9.93. The molecule has 0 atom stereocenters. The lowest BCUT2D eigenvalue weighted by Gasteiger charge is -2.15. The van der Waals surface area contributed by atoms with Crippen molar-refractivity contribution in [1.29, 1.82) is 0 Å². The van der Waals surface area contributed by atoms with Gasteiger partial charge in [0.05, 0.1) is 5.39 Å². The van der Waals surface area contributed by atoms with Crippen LogP contribution in [0.25, 0.3) is 10.8 Å². The molecule has 0 fully saturated rings. The van der Waals surface area contributed by atoms with Crippen molar-refractivity contribution in [2.75, 3.05) is 0 Å². The number of fused-ring (bicyclic) bond motifs is 1. The second-order valence-corrected chi connectivity index (χ2v) is 7.08. The molecule has 146 valence electrons. The smallest absolute Gasteiger partial charge is 0.130 e. The van der Waals surface area contributed by atoms with Crippen LogP contribution in [0, 0.1) is 0 Å². The summed E-state index contributed by atoms with van der Waals surface area (Å²) in [5.41, 5.74) is 2.98. The molecule has 5 heteroatoms. The van der Waals surface area contributed by atoms with E-state index in [0.717, 1.165) is 11.1 Å². The standard InChI is InChI=1S/C24H20O5/c25-17-6-1-14(2-7-17)11-16-5-10-19-20(12-15-3-8-18(26)9-4-15)21(27)13-22(28)23(19)24(16)29/h1-10,13,25-29H,11-12H2. The summed E-state index contributed by atoms with van der Waals surface area (Å²) in [4.78, 5) is 0. The Morgan fingerprint density at radius 3 is 1.69 bits per heavy atom. The van der Waals surface area contributed by atoms with Crippen molar-refractivity contribution in [2.45, 2.75) is 12.8 Å². The molecule has 0 saturated carbocycles. The van der Waals surface area contributed by atoms with Gasteiger partial charge in [-0.2, -0.15) is 0 Å². The summed E-state index contributed by atoms with van der Waals surface area (Å²) in [5, 5.41) is 51.4. The van der Waals surface area contributed by atoms with Gasteiger partial charge >= 0.3 is 0 Å². The van der Waals surface area contributed by atoms with Gasteiger partial charge in [-0.05, 0) is 46.3 Å². The van der Waals surface area contributed by atoms with E-state index < -0.39 is 0 Å². The van der Waals surface area contributed by atoms with Crippen molar-refractivity contribution in [3.05, 3.63) is 89.0 Å². The van der Waals surface area contributed by atoms with Gasteiger partial charge in [-0.25, -0.2) is 0 Å². The highest BCUT2D eigenvalue weighted by molar-refractivity contribution is 5.98. The minimum Gasteiger partial charge on any atom is -0.508 e. The third-order valence-electron chi connectivity index (χ3n) is 5.07. The van der Waals surface area contributed by atoms with Crippen LogP contribution in [0.4, 0.5) is 0 Å². The summed E-state index contributed by atoms with van der Waals surface area (Å²) < 4.78 is 0. The van der Waals surface area contributed by atoms with Crippen molar-refractivity contribution >= 4 is 10.8 Å². The molecular weight excluding hydrogens is 368 g/mol. The third kappa shape index (κ3) is 3.62. The zero-order valence-electron chi connectivity index (χ0n) is 15.5. The molecule has 0 aliphatic heterocycles. The zero-order chi connectivity index (χ0) is 20.5. The van der Waals surface area contributed by atoms with E-state index >= 15 is 0 Å². The van der Waals surface area contributed by atoms with E-state index in [9.17, 15) is 25.5 Å². The van der Waals surface area contributed by atoms with Crippen LogP contribution < -0.4 is 0 Å². The van der Waals surface area contributed by atoms with Crippen LogP contribution in [0.3, 0.4) is 0 Å². The summed E-state index contributed by atoms with van der Waals surface area (Å²) in [7, 11) is 0. The Hall–Kier alpha value is -3.86. The SMILES string of the molecule is Oc1ccc(Cc2ccc3c(Cc4ccc(O)cc4)c(O)cc(O)c3c2O)cc1. The van der Waals surface area contributed by atoms with E-state index in [-0.39, 0.29) is 34.1 Å². The topological polar surface area (TPSA) is 101 Å². The largest absolute Gasteiger partial charge is 0.508 e. The molecule has 29 heavy (non-hydrogen) atoms. The molecule has 0 bridgehead atoms. The predicted molar refractivity (Wildman–Crippen MR) is 111 cm³/mol. The average molecular weight is 388 g/mol. The summed E-state index contributed by atoms with van der Waals surface area (Å²) in [5.74, 6) is 0.0272. The summed E-state index contributed by atoms with van der Waals surface area (Å²) in [6.45, 7) is 0. The second kappa shape index (κ2) is 7.28. The maximum absolute atomic E-state index is 10.8. The average Bonchev–Trinajstić information content (AvgIpc) is 2.69. The van der Waals surface area contributed by atoms with Crippen molar-refractivity contribution in [3.63, 3.8) is 0 Å². The fourth-order valence-corrected chi connectivity index (χ4v) is 3.55. The van der Waals surface area contributed by atoms with E-state index in [2.05, 4.69) is 0 Å². The molecular formula is C24H20O5. The Morgan fingerprint density at radius 1 is 0.552 bits per heavy atom. The first-order valence-corrected chi connectivity index (χ1v) is 9.16. The molecule has 0 amide bonds. The van der Waals surface area contributed by atoms with Gasteiger partial charge in [-0.1, -0.05) is 36.4 Å². The van der Waals surface area contributed by atoms with E-state index in [1.165, 1.54) is 6.07 Å². The van der Waals surface area contributed by atoms with Crippen molar-refractivity contribution in [2.24, 2.45) is 0 Å². The normalized spacial score (nSPS) is 11.0. The number of hydrogen-bond donors (Lipinski definition) is 5. The Bertz CT molecular complexity index is 1180. The predicted octanol–water partition coefficient (Wildman–Crippen LogP) is 4.55. The number of phenolic OH excluding ortho intramolecular Hbond substituents is 5. The molecule has 5 N–H and O–H groups in total. The highest BCUT2D eigenvalue weighted by Gasteiger charge is 2.17. The van der Waals surface area contributed by atoms with Crippen LogP contribution in [0.2, 0.25) is 0 Å². The Balaban J connectivity index is 1.79. The molecule has 0 saturated heterocycles. The van der Waals surface area contributed by atoms with Gasteiger partial charge in [-0.15, -0.1) is 0 Å². The van der Waals surface area contributed by atoms with Crippen LogP contribution in [0.5, 0.6) is 28.7 Å². The molecule has 0 aromatic heterocycles. The number of benzene rings is 4. The van der Waals surface area contributed by atoms with E-state index in [1.807, 2.05) is 0 Å². The molecule has 4 aromatic rings. The molecule has 0 aliphatic carbocycles. The monoisotopic (exact) mass is 388 g/mol. The number of rotatable bonds is 4. The molecule has 5 nitrogen and oxygen atoms in total. The molecule has 4 rings (SSSR count). The summed E-state index contributed by atoms with van der Waals surface area (Å²) in [6, 6.07) is 18.1. The van der Waals surface area contributed by atoms with Crippen LogP contribution in [0.15, 0.2) is 66.7 Å². The van der Waals surface area contributed by atoms with Crippen LogP contribution in [0.1, 0.15) is 22.3 Å². The van der Waals surface area contributed by atoms with Gasteiger partial charge in [0.15, 0.2) is 0 Å². The fraction of sp³-hybridized carbons (Fsp3) is 0.0833. The fourth-order valence-electron chi connectivity index (χ4n) is 3.55. The lowest BCUT2D eigenvalue weighted by Crippen LogP contribution is -1.95. The Labute approximate surface area is 167 Å². The van der Waals surface area contributed by atoms with Crippen LogP contribution in [-0.2, 0) is 12.8 Å². The molecule has 0 unspecified atom stereocenters. The number of aromatic hydroxyl groups is 5. The van der Waals surface area contributed by atoms with Crippen LogP contribution in [-0.4, -0.2) is 25.5 Å².